The van der Waals surface area contributed by atoms with Crippen molar-refractivity contribution in [1.82, 2.24) is 5.32 Å². The number of hydrogen-bond acceptors (Lipinski definition) is 5. The zero-order valence-corrected chi connectivity index (χ0v) is 13.5. The molecule has 0 fully saturated rings. The fraction of sp³-hybridized carbons (Fsp3) is 0.412. The van der Waals surface area contributed by atoms with Crippen LogP contribution < -0.4 is 10.1 Å². The van der Waals surface area contributed by atoms with Crippen LogP contribution in [0.1, 0.15) is 35.9 Å². The van der Waals surface area contributed by atoms with Crippen molar-refractivity contribution in [3.8, 4) is 5.75 Å². The van der Waals surface area contributed by atoms with Crippen LogP contribution in [0.15, 0.2) is 27.8 Å². The van der Waals surface area contributed by atoms with Crippen LogP contribution >= 0.6 is 0 Å². The van der Waals surface area contributed by atoms with Crippen LogP contribution in [0.5, 0.6) is 5.75 Å². The Morgan fingerprint density at radius 2 is 2.30 bits per heavy atom. The molecule has 122 valence electrons. The second-order valence-corrected chi connectivity index (χ2v) is 5.57. The largest absolute Gasteiger partial charge is 0.497 e. The molecule has 1 aromatic carbocycles. The van der Waals surface area contributed by atoms with Gasteiger partial charge in [-0.15, -0.1) is 0 Å². The van der Waals surface area contributed by atoms with Crippen LogP contribution in [0, 0.1) is 6.92 Å². The van der Waals surface area contributed by atoms with E-state index in [1.807, 2.05) is 26.0 Å². The molecule has 0 saturated heterocycles. The number of fused-ring (bicyclic) bond motifs is 1. The van der Waals surface area contributed by atoms with Crippen molar-refractivity contribution in [3.05, 3.63) is 29.5 Å². The number of nitrogens with zero attached hydrogens (tertiary/aromatic N) is 1. The summed E-state index contributed by atoms with van der Waals surface area (Å²) in [6.07, 6.45) is 1.53. The average Bonchev–Trinajstić information content (AvgIpc) is 3.17. The van der Waals surface area contributed by atoms with Crippen LogP contribution in [0.4, 0.5) is 0 Å². The number of benzene rings is 1. The topological polar surface area (TPSA) is 73.1 Å². The number of hydrogen-bond donors (Lipinski definition) is 1. The van der Waals surface area contributed by atoms with E-state index in [1.54, 1.807) is 13.2 Å². The van der Waals surface area contributed by atoms with Gasteiger partial charge in [-0.3, -0.25) is 4.79 Å². The quantitative estimate of drug-likeness (QED) is 0.920. The van der Waals surface area contributed by atoms with Gasteiger partial charge in [-0.1, -0.05) is 12.1 Å². The molecule has 23 heavy (non-hydrogen) atoms. The molecule has 0 spiro atoms. The molecule has 0 bridgehead atoms. The van der Waals surface area contributed by atoms with E-state index in [0.717, 1.165) is 29.5 Å². The maximum Gasteiger partial charge on any atom is 0.287 e. The number of aryl methyl sites for hydroxylation is 1. The minimum absolute atomic E-state index is 0.0984. The van der Waals surface area contributed by atoms with Gasteiger partial charge < -0.3 is 19.3 Å². The zero-order chi connectivity index (χ0) is 16.4. The maximum atomic E-state index is 12.4. The summed E-state index contributed by atoms with van der Waals surface area (Å²) in [5.41, 5.74) is 2.48. The Bertz CT molecular complexity index is 763. The second kappa shape index (κ2) is 6.32. The number of carbonyl (C=O) groups is 1. The molecule has 1 aliphatic heterocycles. The number of methoxy groups -OCH3 is 1. The molecule has 1 atom stereocenters. The predicted molar refractivity (Wildman–Crippen MR) is 87.1 cm³/mol. The van der Waals surface area contributed by atoms with Crippen LogP contribution in [0.2, 0.25) is 0 Å². The maximum absolute atomic E-state index is 12.4. The fourth-order valence-electron chi connectivity index (χ4n) is 2.64. The van der Waals surface area contributed by atoms with Gasteiger partial charge in [-0.05, 0) is 25.5 Å². The van der Waals surface area contributed by atoms with E-state index in [4.69, 9.17) is 14.0 Å². The Morgan fingerprint density at radius 1 is 1.48 bits per heavy atom. The SMILES string of the molecule is CCC1=NOC(CNC(=O)c2oc3cc(OC)ccc3c2C)C1. The highest BCUT2D eigenvalue weighted by atomic mass is 16.6. The normalized spacial score (nSPS) is 17.0. The first kappa shape index (κ1) is 15.4. The summed E-state index contributed by atoms with van der Waals surface area (Å²) in [6.45, 7) is 4.32. The van der Waals surface area contributed by atoms with Crippen molar-refractivity contribution in [1.29, 1.82) is 0 Å². The van der Waals surface area contributed by atoms with E-state index in [1.165, 1.54) is 0 Å². The molecular formula is C17H20N2O4. The molecule has 1 amide bonds. The highest BCUT2D eigenvalue weighted by Gasteiger charge is 2.23. The lowest BCUT2D eigenvalue weighted by atomic mass is 10.1. The minimum atomic E-state index is -0.244. The van der Waals surface area contributed by atoms with E-state index in [2.05, 4.69) is 10.5 Å². The van der Waals surface area contributed by atoms with Gasteiger partial charge >= 0.3 is 0 Å². The summed E-state index contributed by atoms with van der Waals surface area (Å²) in [5.74, 6) is 0.774. The van der Waals surface area contributed by atoms with Gasteiger partial charge in [-0.2, -0.15) is 0 Å². The molecule has 1 aliphatic rings. The number of amides is 1. The lowest BCUT2D eigenvalue weighted by Gasteiger charge is -2.09. The lowest BCUT2D eigenvalue weighted by molar-refractivity contribution is 0.0740. The predicted octanol–water partition coefficient (Wildman–Crippen LogP) is 3.03. The van der Waals surface area contributed by atoms with Gasteiger partial charge in [-0.25, -0.2) is 0 Å². The summed E-state index contributed by atoms with van der Waals surface area (Å²) in [4.78, 5) is 17.7. The third-order valence-corrected chi connectivity index (χ3v) is 4.04. The van der Waals surface area contributed by atoms with Crippen molar-refractivity contribution in [2.24, 2.45) is 5.16 Å². The summed E-state index contributed by atoms with van der Waals surface area (Å²) < 4.78 is 10.9. The first-order valence-electron chi connectivity index (χ1n) is 7.69. The number of carbonyl (C=O) groups excluding carboxylic acids is 1. The first-order valence-corrected chi connectivity index (χ1v) is 7.69. The Hall–Kier alpha value is -2.50. The minimum Gasteiger partial charge on any atom is -0.497 e. The summed E-state index contributed by atoms with van der Waals surface area (Å²) >= 11 is 0. The monoisotopic (exact) mass is 316 g/mol. The number of rotatable bonds is 5. The highest BCUT2D eigenvalue weighted by Crippen LogP contribution is 2.28. The van der Waals surface area contributed by atoms with Gasteiger partial charge in [0, 0.05) is 23.4 Å². The highest BCUT2D eigenvalue weighted by molar-refractivity contribution is 5.99. The molecule has 0 radical (unpaired) electrons. The molecule has 6 heteroatoms. The molecule has 2 aromatic rings. The van der Waals surface area contributed by atoms with Crippen molar-refractivity contribution in [2.45, 2.75) is 32.8 Å². The molecule has 3 rings (SSSR count). The first-order chi connectivity index (χ1) is 11.1. The molecular weight excluding hydrogens is 296 g/mol. The third kappa shape index (κ3) is 3.02. The van der Waals surface area contributed by atoms with Gasteiger partial charge in [0.15, 0.2) is 5.76 Å². The van der Waals surface area contributed by atoms with E-state index in [0.29, 0.717) is 23.6 Å². The second-order valence-electron chi connectivity index (χ2n) is 5.57. The molecule has 2 heterocycles. The van der Waals surface area contributed by atoms with Gasteiger partial charge in [0.25, 0.3) is 5.91 Å². The van der Waals surface area contributed by atoms with Crippen LogP contribution in [-0.4, -0.2) is 31.4 Å². The summed E-state index contributed by atoms with van der Waals surface area (Å²) in [7, 11) is 1.60. The number of nitrogens with one attached hydrogen (secondary N) is 1. The number of ether oxygens (including phenoxy) is 1. The third-order valence-electron chi connectivity index (χ3n) is 4.04. The zero-order valence-electron chi connectivity index (χ0n) is 13.5. The molecule has 0 aliphatic carbocycles. The van der Waals surface area contributed by atoms with Crippen LogP contribution in [-0.2, 0) is 4.84 Å². The van der Waals surface area contributed by atoms with Gasteiger partial charge in [0.2, 0.25) is 0 Å². The lowest BCUT2D eigenvalue weighted by Crippen LogP contribution is -2.32. The number of furan rings is 1. The Labute approximate surface area is 134 Å². The molecule has 6 nitrogen and oxygen atoms in total. The van der Waals surface area contributed by atoms with E-state index >= 15 is 0 Å². The van der Waals surface area contributed by atoms with Crippen molar-refractivity contribution in [3.63, 3.8) is 0 Å². The molecule has 1 aromatic heterocycles. The smallest absolute Gasteiger partial charge is 0.287 e. The van der Waals surface area contributed by atoms with Gasteiger partial charge in [0.1, 0.15) is 17.4 Å². The molecule has 1 N–H and O–H groups in total. The Morgan fingerprint density at radius 3 is 3.00 bits per heavy atom. The summed E-state index contributed by atoms with van der Waals surface area (Å²) in [6, 6.07) is 5.52. The van der Waals surface area contributed by atoms with Crippen molar-refractivity contribution in [2.75, 3.05) is 13.7 Å². The van der Waals surface area contributed by atoms with Crippen molar-refractivity contribution < 1.29 is 18.8 Å². The molecule has 1 unspecified atom stereocenters. The van der Waals surface area contributed by atoms with Crippen LogP contribution in [0.25, 0.3) is 11.0 Å². The Balaban J connectivity index is 1.70. The van der Waals surface area contributed by atoms with E-state index < -0.39 is 0 Å². The van der Waals surface area contributed by atoms with E-state index in [-0.39, 0.29) is 12.0 Å². The fourth-order valence-corrected chi connectivity index (χ4v) is 2.64. The number of oxime groups is 1. The Kier molecular flexibility index (Phi) is 4.23. The standard InChI is InChI=1S/C17H20N2O4/c1-4-11-7-13(23-19-11)9-18-17(20)16-10(2)14-6-5-12(21-3)8-15(14)22-16/h5-6,8,13H,4,7,9H2,1-3H3,(H,18,20). The van der Waals surface area contributed by atoms with Crippen LogP contribution in [0.3, 0.4) is 0 Å². The summed E-state index contributed by atoms with van der Waals surface area (Å²) in [5, 5.41) is 7.75. The van der Waals surface area contributed by atoms with Gasteiger partial charge in [0.05, 0.1) is 19.4 Å². The van der Waals surface area contributed by atoms with Crippen molar-refractivity contribution >= 4 is 22.6 Å². The average molecular weight is 316 g/mol. The molecule has 0 saturated carbocycles. The van der Waals surface area contributed by atoms with E-state index in [9.17, 15) is 4.79 Å².